The molecule has 1 aliphatic rings. The van der Waals surface area contributed by atoms with Gasteiger partial charge in [0.1, 0.15) is 12.7 Å². The highest BCUT2D eigenvalue weighted by molar-refractivity contribution is 5.69. The molecule has 1 heterocycles. The van der Waals surface area contributed by atoms with Crippen molar-refractivity contribution in [2.75, 3.05) is 6.61 Å². The SMILES string of the molecule is CC(=O)OC[C@H](OC(C)=O)[C@@H]1O[C@@H](OCc2ccccc2)[C@@H](OC(C)=O)[C@@H](OC(C)=O)[C@H]1OC(C)=O. The van der Waals surface area contributed by atoms with Gasteiger partial charge in [-0.15, -0.1) is 0 Å². The molecule has 6 atom stereocenters. The summed E-state index contributed by atoms with van der Waals surface area (Å²) in [7, 11) is 0. The molecule has 12 heteroatoms. The van der Waals surface area contributed by atoms with Gasteiger partial charge in [-0.2, -0.15) is 0 Å². The largest absolute Gasteiger partial charge is 0.462 e. The van der Waals surface area contributed by atoms with Crippen LogP contribution in [0.3, 0.4) is 0 Å². The predicted molar refractivity (Wildman–Crippen MR) is 119 cm³/mol. The van der Waals surface area contributed by atoms with Crippen molar-refractivity contribution in [3.05, 3.63) is 35.9 Å². The third-order valence-corrected chi connectivity index (χ3v) is 4.83. The molecule has 2 rings (SSSR count). The van der Waals surface area contributed by atoms with E-state index in [4.69, 9.17) is 33.2 Å². The summed E-state index contributed by atoms with van der Waals surface area (Å²) < 4.78 is 38.4. The second-order valence-electron chi connectivity index (χ2n) is 7.94. The van der Waals surface area contributed by atoms with Gasteiger partial charge in [-0.25, -0.2) is 0 Å². The van der Waals surface area contributed by atoms with Gasteiger partial charge in [0.2, 0.25) is 0 Å². The summed E-state index contributed by atoms with van der Waals surface area (Å²) in [6.45, 7) is 5.17. The molecule has 0 amide bonds. The first-order valence-electron chi connectivity index (χ1n) is 11.1. The lowest BCUT2D eigenvalue weighted by Gasteiger charge is -2.45. The molecule has 0 radical (unpaired) electrons. The van der Waals surface area contributed by atoms with Crippen LogP contribution in [0.5, 0.6) is 0 Å². The summed E-state index contributed by atoms with van der Waals surface area (Å²) in [5.41, 5.74) is 0.752. The number of esters is 5. The van der Waals surface area contributed by atoms with Crippen LogP contribution < -0.4 is 0 Å². The third kappa shape index (κ3) is 8.93. The number of hydrogen-bond acceptors (Lipinski definition) is 12. The molecule has 0 aliphatic carbocycles. The minimum absolute atomic E-state index is 0.00317. The zero-order valence-electron chi connectivity index (χ0n) is 20.7. The van der Waals surface area contributed by atoms with Crippen LogP contribution in [0.4, 0.5) is 0 Å². The van der Waals surface area contributed by atoms with Crippen LogP contribution in [0.1, 0.15) is 40.2 Å². The molecule has 12 nitrogen and oxygen atoms in total. The first-order chi connectivity index (χ1) is 17.0. The Kier molecular flexibility index (Phi) is 10.8. The number of carbonyl (C=O) groups is 5. The van der Waals surface area contributed by atoms with Crippen molar-refractivity contribution in [1.29, 1.82) is 0 Å². The molecular weight excluding hydrogens is 480 g/mol. The van der Waals surface area contributed by atoms with E-state index in [2.05, 4.69) is 0 Å². The maximum atomic E-state index is 12.0. The van der Waals surface area contributed by atoms with Crippen LogP contribution >= 0.6 is 0 Å². The van der Waals surface area contributed by atoms with Crippen LogP contribution in [0.2, 0.25) is 0 Å². The molecule has 0 unspecified atom stereocenters. The maximum absolute atomic E-state index is 12.0. The molecule has 0 spiro atoms. The van der Waals surface area contributed by atoms with Gasteiger partial charge in [0.15, 0.2) is 30.7 Å². The molecule has 0 saturated carbocycles. The molecule has 198 valence electrons. The van der Waals surface area contributed by atoms with Gasteiger partial charge in [0, 0.05) is 34.6 Å². The Bertz CT molecular complexity index is 930. The second-order valence-corrected chi connectivity index (χ2v) is 7.94. The molecule has 1 saturated heterocycles. The van der Waals surface area contributed by atoms with Gasteiger partial charge in [0.25, 0.3) is 0 Å². The summed E-state index contributed by atoms with van der Waals surface area (Å²) in [4.78, 5) is 59.1. The van der Waals surface area contributed by atoms with Gasteiger partial charge in [0.05, 0.1) is 6.61 Å². The molecule has 0 aromatic heterocycles. The predicted octanol–water partition coefficient (Wildman–Crippen LogP) is 1.22. The Hall–Kier alpha value is -3.51. The highest BCUT2D eigenvalue weighted by Gasteiger charge is 2.55. The zero-order valence-corrected chi connectivity index (χ0v) is 20.7. The molecular formula is C24H30O12. The smallest absolute Gasteiger partial charge is 0.303 e. The van der Waals surface area contributed by atoms with Crippen molar-refractivity contribution in [2.45, 2.75) is 78.0 Å². The number of rotatable bonds is 10. The van der Waals surface area contributed by atoms with E-state index in [0.717, 1.165) is 40.2 Å². The highest BCUT2D eigenvalue weighted by atomic mass is 16.7. The van der Waals surface area contributed by atoms with E-state index in [1.54, 1.807) is 24.3 Å². The third-order valence-electron chi connectivity index (χ3n) is 4.83. The average Bonchev–Trinajstić information content (AvgIpc) is 2.77. The Balaban J connectivity index is 2.51. The van der Waals surface area contributed by atoms with E-state index in [1.165, 1.54) is 0 Å². The van der Waals surface area contributed by atoms with E-state index < -0.39 is 73.3 Å². The fourth-order valence-corrected chi connectivity index (χ4v) is 3.60. The number of carbonyl (C=O) groups excluding carboxylic acids is 5. The molecule has 1 aromatic rings. The Morgan fingerprint density at radius 3 is 1.83 bits per heavy atom. The first-order valence-corrected chi connectivity index (χ1v) is 11.1. The van der Waals surface area contributed by atoms with E-state index in [1.807, 2.05) is 6.07 Å². The molecule has 0 bridgehead atoms. The Morgan fingerprint density at radius 2 is 1.31 bits per heavy atom. The first kappa shape index (κ1) is 28.7. The molecule has 1 aromatic carbocycles. The van der Waals surface area contributed by atoms with Crippen molar-refractivity contribution in [1.82, 2.24) is 0 Å². The lowest BCUT2D eigenvalue weighted by Crippen LogP contribution is -2.65. The van der Waals surface area contributed by atoms with Crippen LogP contribution in [-0.4, -0.2) is 73.3 Å². The number of ether oxygens (including phenoxy) is 7. The highest BCUT2D eigenvalue weighted by Crippen LogP contribution is 2.32. The number of hydrogen-bond donors (Lipinski definition) is 0. The number of benzene rings is 1. The van der Waals surface area contributed by atoms with Gasteiger partial charge < -0.3 is 33.2 Å². The molecule has 1 aliphatic heterocycles. The van der Waals surface area contributed by atoms with Crippen molar-refractivity contribution >= 4 is 29.8 Å². The fourth-order valence-electron chi connectivity index (χ4n) is 3.60. The lowest BCUT2D eigenvalue weighted by atomic mass is 9.94. The molecule has 36 heavy (non-hydrogen) atoms. The summed E-state index contributed by atoms with van der Waals surface area (Å²) in [5.74, 6) is -3.72. The normalized spacial score (nSPS) is 24.1. The van der Waals surface area contributed by atoms with Crippen molar-refractivity contribution in [2.24, 2.45) is 0 Å². The monoisotopic (exact) mass is 510 g/mol. The van der Waals surface area contributed by atoms with Crippen LogP contribution in [0, 0.1) is 0 Å². The zero-order chi connectivity index (χ0) is 26.8. The minimum atomic E-state index is -1.42. The summed E-state index contributed by atoms with van der Waals surface area (Å²) in [5, 5.41) is 0. The van der Waals surface area contributed by atoms with Gasteiger partial charge in [-0.3, -0.25) is 24.0 Å². The summed E-state index contributed by atoms with van der Waals surface area (Å²) in [6.07, 6.45) is -8.19. The standard InChI is InChI=1S/C24H30O12/c1-13(25)30-12-19(32-14(2)26)20-21(33-15(3)27)22(34-16(4)28)23(35-17(5)29)24(36-20)31-11-18-9-7-6-8-10-18/h6-10,19-24H,11-12H2,1-5H3/t19-,20-,21-,22-,23-,24+/m0/s1. The van der Waals surface area contributed by atoms with Crippen LogP contribution in [-0.2, 0) is 63.7 Å². The Morgan fingerprint density at radius 1 is 0.750 bits per heavy atom. The van der Waals surface area contributed by atoms with Gasteiger partial charge in [-0.1, -0.05) is 30.3 Å². The second kappa shape index (κ2) is 13.5. The summed E-state index contributed by atoms with van der Waals surface area (Å²) >= 11 is 0. The van der Waals surface area contributed by atoms with Crippen LogP contribution in [0.25, 0.3) is 0 Å². The quantitative estimate of drug-likeness (QED) is 0.329. The average molecular weight is 510 g/mol. The van der Waals surface area contributed by atoms with E-state index in [-0.39, 0.29) is 6.61 Å². The Labute approximate surface area is 208 Å². The van der Waals surface area contributed by atoms with E-state index in [0.29, 0.717) is 0 Å². The van der Waals surface area contributed by atoms with Crippen molar-refractivity contribution in [3.8, 4) is 0 Å². The summed E-state index contributed by atoms with van der Waals surface area (Å²) in [6, 6.07) is 8.98. The fraction of sp³-hybridized carbons (Fsp3) is 0.542. The van der Waals surface area contributed by atoms with Gasteiger partial charge in [-0.05, 0) is 5.56 Å². The topological polar surface area (TPSA) is 150 Å². The van der Waals surface area contributed by atoms with Crippen LogP contribution in [0.15, 0.2) is 30.3 Å². The van der Waals surface area contributed by atoms with Gasteiger partial charge >= 0.3 is 29.8 Å². The molecule has 1 fully saturated rings. The van der Waals surface area contributed by atoms with Crippen molar-refractivity contribution < 1.29 is 57.1 Å². The maximum Gasteiger partial charge on any atom is 0.303 e. The minimum Gasteiger partial charge on any atom is -0.462 e. The molecule has 0 N–H and O–H groups in total. The lowest BCUT2D eigenvalue weighted by molar-refractivity contribution is -0.320. The van der Waals surface area contributed by atoms with Crippen molar-refractivity contribution in [3.63, 3.8) is 0 Å². The van der Waals surface area contributed by atoms with E-state index >= 15 is 0 Å². The van der Waals surface area contributed by atoms with E-state index in [9.17, 15) is 24.0 Å².